The summed E-state index contributed by atoms with van der Waals surface area (Å²) in [6.45, 7) is 0. The minimum absolute atomic E-state index is 0.204. The van der Waals surface area contributed by atoms with Crippen LogP contribution in [0.4, 0.5) is 0 Å². The molecular weight excluding hydrogens is 274 g/mol. The molecule has 0 saturated heterocycles. The molecule has 0 aliphatic rings. The highest BCUT2D eigenvalue weighted by Gasteiger charge is 2.10. The van der Waals surface area contributed by atoms with Crippen molar-refractivity contribution in [2.24, 2.45) is 0 Å². The SMILES string of the molecule is O=C(O)c1ccnc(-c2nc(-c3ccncc3)cs2)c1. The first-order valence-corrected chi connectivity index (χ1v) is 6.67. The zero-order valence-electron chi connectivity index (χ0n) is 10.2. The summed E-state index contributed by atoms with van der Waals surface area (Å²) >= 11 is 1.43. The lowest BCUT2D eigenvalue weighted by atomic mass is 10.2. The molecule has 0 amide bonds. The molecule has 0 atom stereocenters. The number of hydrogen-bond acceptors (Lipinski definition) is 5. The Kier molecular flexibility index (Phi) is 3.22. The van der Waals surface area contributed by atoms with Crippen LogP contribution >= 0.6 is 11.3 Å². The topological polar surface area (TPSA) is 76.0 Å². The van der Waals surface area contributed by atoms with Gasteiger partial charge in [-0.05, 0) is 24.3 Å². The van der Waals surface area contributed by atoms with Crippen molar-refractivity contribution in [2.45, 2.75) is 0 Å². The molecule has 0 aromatic carbocycles. The van der Waals surface area contributed by atoms with Crippen LogP contribution in [-0.4, -0.2) is 26.0 Å². The van der Waals surface area contributed by atoms with Crippen LogP contribution in [0, 0.1) is 0 Å². The van der Waals surface area contributed by atoms with Gasteiger partial charge in [0.25, 0.3) is 0 Å². The quantitative estimate of drug-likeness (QED) is 0.799. The molecular formula is C14H9N3O2S. The number of aromatic nitrogens is 3. The Bertz CT molecular complexity index is 756. The molecule has 0 bridgehead atoms. The van der Waals surface area contributed by atoms with Crippen LogP contribution in [0.3, 0.4) is 0 Å². The van der Waals surface area contributed by atoms with Gasteiger partial charge in [0, 0.05) is 29.5 Å². The molecule has 98 valence electrons. The van der Waals surface area contributed by atoms with E-state index < -0.39 is 5.97 Å². The van der Waals surface area contributed by atoms with Crippen molar-refractivity contribution in [3.05, 3.63) is 53.8 Å². The summed E-state index contributed by atoms with van der Waals surface area (Å²) in [6.07, 6.45) is 4.89. The zero-order chi connectivity index (χ0) is 13.9. The van der Waals surface area contributed by atoms with Gasteiger partial charge in [-0.25, -0.2) is 9.78 Å². The lowest BCUT2D eigenvalue weighted by Crippen LogP contribution is -1.97. The van der Waals surface area contributed by atoms with Crippen molar-refractivity contribution in [2.75, 3.05) is 0 Å². The average Bonchev–Trinajstić information content (AvgIpc) is 2.98. The summed E-state index contributed by atoms with van der Waals surface area (Å²) in [4.78, 5) is 23.6. The molecule has 0 radical (unpaired) electrons. The predicted molar refractivity (Wildman–Crippen MR) is 75.5 cm³/mol. The van der Waals surface area contributed by atoms with E-state index in [1.54, 1.807) is 12.4 Å². The maximum Gasteiger partial charge on any atom is 0.335 e. The molecule has 0 unspecified atom stereocenters. The Morgan fingerprint density at radius 3 is 2.65 bits per heavy atom. The molecule has 0 fully saturated rings. The molecule has 3 aromatic rings. The van der Waals surface area contributed by atoms with Gasteiger partial charge in [0.05, 0.1) is 17.0 Å². The van der Waals surface area contributed by atoms with E-state index in [1.807, 2.05) is 17.5 Å². The molecule has 0 saturated carbocycles. The largest absolute Gasteiger partial charge is 0.478 e. The molecule has 6 heteroatoms. The van der Waals surface area contributed by atoms with Crippen LogP contribution in [0.1, 0.15) is 10.4 Å². The van der Waals surface area contributed by atoms with Crippen molar-refractivity contribution in [3.8, 4) is 22.0 Å². The second-order valence-electron chi connectivity index (χ2n) is 4.01. The van der Waals surface area contributed by atoms with E-state index in [0.717, 1.165) is 11.3 Å². The lowest BCUT2D eigenvalue weighted by molar-refractivity contribution is 0.0697. The highest BCUT2D eigenvalue weighted by Crippen LogP contribution is 2.27. The van der Waals surface area contributed by atoms with Crippen molar-refractivity contribution >= 4 is 17.3 Å². The molecule has 5 nitrogen and oxygen atoms in total. The maximum absolute atomic E-state index is 11.0. The first-order chi connectivity index (χ1) is 9.74. The Hall–Kier alpha value is -2.60. The Balaban J connectivity index is 1.98. The summed E-state index contributed by atoms with van der Waals surface area (Å²) in [5, 5.41) is 11.6. The van der Waals surface area contributed by atoms with E-state index in [-0.39, 0.29) is 5.56 Å². The fourth-order valence-electron chi connectivity index (χ4n) is 1.73. The molecule has 1 N–H and O–H groups in total. The molecule has 20 heavy (non-hydrogen) atoms. The first-order valence-electron chi connectivity index (χ1n) is 5.80. The second-order valence-corrected chi connectivity index (χ2v) is 4.87. The number of aromatic carboxylic acids is 1. The van der Waals surface area contributed by atoms with Crippen molar-refractivity contribution in [1.82, 2.24) is 15.0 Å². The van der Waals surface area contributed by atoms with Gasteiger partial charge in [-0.15, -0.1) is 11.3 Å². The summed E-state index contributed by atoms with van der Waals surface area (Å²) in [5.74, 6) is -0.973. The highest BCUT2D eigenvalue weighted by molar-refractivity contribution is 7.13. The van der Waals surface area contributed by atoms with Crippen molar-refractivity contribution in [1.29, 1.82) is 0 Å². The minimum atomic E-state index is -0.973. The number of pyridine rings is 2. The molecule has 3 heterocycles. The fourth-order valence-corrected chi connectivity index (χ4v) is 2.52. The number of rotatable bonds is 3. The molecule has 0 aliphatic carbocycles. The zero-order valence-corrected chi connectivity index (χ0v) is 11.0. The monoisotopic (exact) mass is 283 g/mol. The van der Waals surface area contributed by atoms with Gasteiger partial charge in [-0.3, -0.25) is 9.97 Å². The smallest absolute Gasteiger partial charge is 0.335 e. The van der Waals surface area contributed by atoms with Crippen LogP contribution in [-0.2, 0) is 0 Å². The molecule has 3 rings (SSSR count). The van der Waals surface area contributed by atoms with Gasteiger partial charge in [-0.2, -0.15) is 0 Å². The molecule has 0 aliphatic heterocycles. The second kappa shape index (κ2) is 5.18. The number of hydrogen-bond donors (Lipinski definition) is 1. The normalized spacial score (nSPS) is 10.4. The third-order valence-electron chi connectivity index (χ3n) is 2.71. The number of carboxylic acids is 1. The van der Waals surface area contributed by atoms with Gasteiger partial charge in [0.2, 0.25) is 0 Å². The predicted octanol–water partition coefficient (Wildman–Crippen LogP) is 2.97. The first kappa shape index (κ1) is 12.4. The molecule has 0 spiro atoms. The summed E-state index contributed by atoms with van der Waals surface area (Å²) in [5.41, 5.74) is 2.57. The van der Waals surface area contributed by atoms with E-state index in [2.05, 4.69) is 15.0 Å². The van der Waals surface area contributed by atoms with Gasteiger partial charge in [-0.1, -0.05) is 0 Å². The molecule has 3 aromatic heterocycles. The van der Waals surface area contributed by atoms with Gasteiger partial charge in [0.15, 0.2) is 0 Å². The van der Waals surface area contributed by atoms with E-state index in [4.69, 9.17) is 5.11 Å². The summed E-state index contributed by atoms with van der Waals surface area (Å²) in [7, 11) is 0. The van der Waals surface area contributed by atoms with E-state index in [9.17, 15) is 4.79 Å². The average molecular weight is 283 g/mol. The third-order valence-corrected chi connectivity index (χ3v) is 3.57. The van der Waals surface area contributed by atoms with Crippen molar-refractivity contribution < 1.29 is 9.90 Å². The number of thiazole rings is 1. The van der Waals surface area contributed by atoms with E-state index in [1.165, 1.54) is 29.7 Å². The number of carboxylic acid groups (broad SMARTS) is 1. The van der Waals surface area contributed by atoms with Gasteiger partial charge >= 0.3 is 5.97 Å². The van der Waals surface area contributed by atoms with Gasteiger partial charge < -0.3 is 5.11 Å². The van der Waals surface area contributed by atoms with E-state index >= 15 is 0 Å². The van der Waals surface area contributed by atoms with Crippen LogP contribution in [0.25, 0.3) is 22.0 Å². The standard InChI is InChI=1S/C14H9N3O2S/c18-14(19)10-3-6-16-11(7-10)13-17-12(8-20-13)9-1-4-15-5-2-9/h1-8H,(H,18,19). The lowest BCUT2D eigenvalue weighted by Gasteiger charge is -1.98. The minimum Gasteiger partial charge on any atom is -0.478 e. The van der Waals surface area contributed by atoms with Crippen LogP contribution in [0.5, 0.6) is 0 Å². The third kappa shape index (κ3) is 2.41. The Morgan fingerprint density at radius 1 is 1.10 bits per heavy atom. The Morgan fingerprint density at radius 2 is 1.90 bits per heavy atom. The van der Waals surface area contributed by atoms with Gasteiger partial charge in [0.1, 0.15) is 5.01 Å². The van der Waals surface area contributed by atoms with E-state index in [0.29, 0.717) is 10.7 Å². The Labute approximate surface area is 118 Å². The number of nitrogens with zero attached hydrogens (tertiary/aromatic N) is 3. The van der Waals surface area contributed by atoms with Crippen LogP contribution in [0.2, 0.25) is 0 Å². The highest BCUT2D eigenvalue weighted by atomic mass is 32.1. The van der Waals surface area contributed by atoms with Crippen LogP contribution < -0.4 is 0 Å². The number of carbonyl (C=O) groups is 1. The van der Waals surface area contributed by atoms with Crippen LogP contribution in [0.15, 0.2) is 48.2 Å². The van der Waals surface area contributed by atoms with Crippen molar-refractivity contribution in [3.63, 3.8) is 0 Å². The fraction of sp³-hybridized carbons (Fsp3) is 0. The summed E-state index contributed by atoms with van der Waals surface area (Å²) < 4.78 is 0. The summed E-state index contributed by atoms with van der Waals surface area (Å²) in [6, 6.07) is 6.74. The maximum atomic E-state index is 11.0.